The van der Waals surface area contributed by atoms with E-state index >= 15 is 0 Å². The predicted molar refractivity (Wildman–Crippen MR) is 138 cm³/mol. The van der Waals surface area contributed by atoms with Gasteiger partial charge in [-0.25, -0.2) is 9.79 Å². The maximum absolute atomic E-state index is 12.4. The smallest absolute Gasteiger partial charge is 0.338 e. The fourth-order valence-electron chi connectivity index (χ4n) is 2.74. The number of ether oxygens (including phenoxy) is 1. The minimum absolute atomic E-state index is 0. The number of nitrogens with zero attached hydrogens (tertiary/aromatic N) is 1. The number of halogens is 1. The highest BCUT2D eigenvalue weighted by Crippen LogP contribution is 2.10. The van der Waals surface area contributed by atoms with Crippen molar-refractivity contribution in [1.82, 2.24) is 16.0 Å². The molecule has 0 aliphatic heterocycles. The molecule has 0 fully saturated rings. The number of hydrogen-bond acceptors (Lipinski definition) is 4. The van der Waals surface area contributed by atoms with E-state index in [1.165, 1.54) is 0 Å². The van der Waals surface area contributed by atoms with Gasteiger partial charge in [0.15, 0.2) is 5.96 Å². The van der Waals surface area contributed by atoms with Crippen molar-refractivity contribution >= 4 is 41.8 Å². The van der Waals surface area contributed by atoms with E-state index in [0.29, 0.717) is 24.6 Å². The third kappa shape index (κ3) is 10.6. The number of guanidine groups is 1. The molecule has 0 spiro atoms. The summed E-state index contributed by atoms with van der Waals surface area (Å²) < 4.78 is 5.39. The summed E-state index contributed by atoms with van der Waals surface area (Å²) >= 11 is 0. The molecular formula is C24H33IN4O3. The number of carbonyl (C=O) groups is 2. The van der Waals surface area contributed by atoms with Crippen molar-refractivity contribution in [3.63, 3.8) is 0 Å². The highest BCUT2D eigenvalue weighted by atomic mass is 127. The van der Waals surface area contributed by atoms with E-state index in [0.717, 1.165) is 11.1 Å². The molecule has 7 nitrogen and oxygen atoms in total. The molecule has 0 bridgehead atoms. The van der Waals surface area contributed by atoms with Crippen LogP contribution in [0.3, 0.4) is 0 Å². The standard InChI is InChI=1S/C24H32N4O3.HI/c1-5-25-23(27-16-21(29)28-24(2,3)4)26-15-19-12-9-13-20(14-19)22(30)31-17-18-10-7-6-8-11-18;/h6-14H,5,15-17H2,1-4H3,(H,28,29)(H2,25,26,27);1H. The van der Waals surface area contributed by atoms with Gasteiger partial charge in [-0.2, -0.15) is 0 Å². The van der Waals surface area contributed by atoms with Crippen molar-refractivity contribution < 1.29 is 14.3 Å². The van der Waals surface area contributed by atoms with Crippen LogP contribution >= 0.6 is 24.0 Å². The number of hydrogen-bond donors (Lipinski definition) is 3. The Hall–Kier alpha value is -2.62. The molecule has 32 heavy (non-hydrogen) atoms. The lowest BCUT2D eigenvalue weighted by Gasteiger charge is -2.21. The molecule has 1 amide bonds. The zero-order valence-electron chi connectivity index (χ0n) is 19.1. The lowest BCUT2D eigenvalue weighted by molar-refractivity contribution is -0.121. The average Bonchev–Trinajstić information content (AvgIpc) is 2.73. The Morgan fingerprint density at radius 2 is 1.66 bits per heavy atom. The van der Waals surface area contributed by atoms with E-state index in [-0.39, 0.29) is 54.5 Å². The third-order valence-corrected chi connectivity index (χ3v) is 4.07. The Morgan fingerprint density at radius 3 is 2.31 bits per heavy atom. The second-order valence-electron chi connectivity index (χ2n) is 8.11. The Bertz CT molecular complexity index is 896. The van der Waals surface area contributed by atoms with Gasteiger partial charge in [0.2, 0.25) is 5.91 Å². The quantitative estimate of drug-likeness (QED) is 0.202. The maximum atomic E-state index is 12.4. The van der Waals surface area contributed by atoms with Crippen LogP contribution in [0.25, 0.3) is 0 Å². The molecule has 3 N–H and O–H groups in total. The van der Waals surface area contributed by atoms with E-state index in [2.05, 4.69) is 20.9 Å². The molecule has 2 rings (SSSR count). The second-order valence-corrected chi connectivity index (χ2v) is 8.11. The molecule has 0 aliphatic rings. The highest BCUT2D eigenvalue weighted by molar-refractivity contribution is 14.0. The van der Waals surface area contributed by atoms with Crippen molar-refractivity contribution in [2.24, 2.45) is 4.99 Å². The summed E-state index contributed by atoms with van der Waals surface area (Å²) in [6, 6.07) is 16.8. The lowest BCUT2D eigenvalue weighted by Crippen LogP contribution is -2.48. The Morgan fingerprint density at radius 1 is 0.969 bits per heavy atom. The first-order chi connectivity index (χ1) is 14.8. The number of rotatable bonds is 8. The van der Waals surface area contributed by atoms with Crippen LogP contribution in [0.2, 0.25) is 0 Å². The fourth-order valence-corrected chi connectivity index (χ4v) is 2.74. The van der Waals surface area contributed by atoms with Gasteiger partial charge in [0.05, 0.1) is 18.7 Å². The molecule has 0 aliphatic carbocycles. The second kappa shape index (κ2) is 13.7. The van der Waals surface area contributed by atoms with Crippen LogP contribution in [-0.2, 0) is 22.7 Å². The van der Waals surface area contributed by atoms with Crippen molar-refractivity contribution in [3.8, 4) is 0 Å². The molecule has 2 aromatic carbocycles. The summed E-state index contributed by atoms with van der Waals surface area (Å²) in [6.07, 6.45) is 0. The zero-order chi connectivity index (χ0) is 22.7. The number of esters is 1. The van der Waals surface area contributed by atoms with E-state index in [4.69, 9.17) is 4.74 Å². The minimum atomic E-state index is -0.376. The van der Waals surface area contributed by atoms with Gasteiger partial charge in [-0.3, -0.25) is 4.79 Å². The summed E-state index contributed by atoms with van der Waals surface area (Å²) in [5.74, 6) is 0.0449. The first-order valence-corrected chi connectivity index (χ1v) is 10.4. The van der Waals surface area contributed by atoms with Gasteiger partial charge in [-0.15, -0.1) is 24.0 Å². The fraction of sp³-hybridized carbons (Fsp3) is 0.375. The Kier molecular flexibility index (Phi) is 11.8. The number of benzene rings is 2. The average molecular weight is 552 g/mol. The van der Waals surface area contributed by atoms with Gasteiger partial charge in [0.1, 0.15) is 6.61 Å². The monoisotopic (exact) mass is 552 g/mol. The number of amides is 1. The van der Waals surface area contributed by atoms with Gasteiger partial charge in [-0.05, 0) is 51.0 Å². The van der Waals surface area contributed by atoms with Crippen molar-refractivity contribution in [1.29, 1.82) is 0 Å². The van der Waals surface area contributed by atoms with Crippen LogP contribution in [-0.4, -0.2) is 36.5 Å². The maximum Gasteiger partial charge on any atom is 0.338 e. The van der Waals surface area contributed by atoms with E-state index in [1.807, 2.05) is 64.1 Å². The number of carbonyl (C=O) groups excluding carboxylic acids is 2. The molecule has 0 radical (unpaired) electrons. The molecule has 2 aromatic rings. The number of nitrogens with one attached hydrogen (secondary N) is 3. The van der Waals surface area contributed by atoms with E-state index in [9.17, 15) is 9.59 Å². The topological polar surface area (TPSA) is 91.8 Å². The van der Waals surface area contributed by atoms with E-state index < -0.39 is 0 Å². The van der Waals surface area contributed by atoms with Gasteiger partial charge >= 0.3 is 5.97 Å². The van der Waals surface area contributed by atoms with Crippen molar-refractivity contribution in [2.45, 2.75) is 46.4 Å². The normalized spacial score (nSPS) is 11.2. The SMILES string of the molecule is CCNC(=NCc1cccc(C(=O)OCc2ccccc2)c1)NCC(=O)NC(C)(C)C.I. The molecule has 174 valence electrons. The van der Waals surface area contributed by atoms with Gasteiger partial charge in [-0.1, -0.05) is 42.5 Å². The van der Waals surface area contributed by atoms with Gasteiger partial charge in [0, 0.05) is 12.1 Å². The Balaban J connectivity index is 0.00000512. The number of aliphatic imine (C=N–C) groups is 1. The molecule has 0 unspecified atom stereocenters. The largest absolute Gasteiger partial charge is 0.457 e. The molecule has 8 heteroatoms. The van der Waals surface area contributed by atoms with Gasteiger partial charge in [0.25, 0.3) is 0 Å². The van der Waals surface area contributed by atoms with Crippen LogP contribution in [0.5, 0.6) is 0 Å². The van der Waals surface area contributed by atoms with Gasteiger partial charge < -0.3 is 20.7 Å². The third-order valence-electron chi connectivity index (χ3n) is 4.07. The highest BCUT2D eigenvalue weighted by Gasteiger charge is 2.14. The summed E-state index contributed by atoms with van der Waals surface area (Å²) in [7, 11) is 0. The zero-order valence-corrected chi connectivity index (χ0v) is 21.4. The first kappa shape index (κ1) is 27.4. The minimum Gasteiger partial charge on any atom is -0.457 e. The molecular weight excluding hydrogens is 519 g/mol. The van der Waals surface area contributed by atoms with Crippen molar-refractivity contribution in [2.75, 3.05) is 13.1 Å². The predicted octanol–water partition coefficient (Wildman–Crippen LogP) is 3.63. The lowest BCUT2D eigenvalue weighted by atomic mass is 10.1. The van der Waals surface area contributed by atoms with E-state index in [1.54, 1.807) is 18.2 Å². The van der Waals surface area contributed by atoms with Crippen LogP contribution in [0, 0.1) is 0 Å². The first-order valence-electron chi connectivity index (χ1n) is 10.4. The van der Waals surface area contributed by atoms with Crippen LogP contribution < -0.4 is 16.0 Å². The molecule has 0 aromatic heterocycles. The van der Waals surface area contributed by atoms with Crippen molar-refractivity contribution in [3.05, 3.63) is 71.3 Å². The summed E-state index contributed by atoms with van der Waals surface area (Å²) in [4.78, 5) is 28.9. The summed E-state index contributed by atoms with van der Waals surface area (Å²) in [6.45, 7) is 9.12. The molecule has 0 saturated carbocycles. The Labute approximate surface area is 207 Å². The van der Waals surface area contributed by atoms with Crippen LogP contribution in [0.4, 0.5) is 0 Å². The van der Waals surface area contributed by atoms with Crippen LogP contribution in [0.1, 0.15) is 49.2 Å². The molecule has 0 heterocycles. The van der Waals surface area contributed by atoms with Crippen LogP contribution in [0.15, 0.2) is 59.6 Å². The molecule has 0 atom stereocenters. The summed E-state index contributed by atoms with van der Waals surface area (Å²) in [5.41, 5.74) is 1.99. The molecule has 0 saturated heterocycles. The summed E-state index contributed by atoms with van der Waals surface area (Å²) in [5, 5.41) is 9.04.